The van der Waals surface area contributed by atoms with Gasteiger partial charge in [-0.25, -0.2) is 0 Å². The second kappa shape index (κ2) is 7.80. The molecule has 3 amide bonds. The fraction of sp³-hybridized carbons (Fsp3) is 0.118. The number of rotatable bonds is 4. The number of aryl methyl sites for hydroxylation is 2. The number of nitrogens with zero attached hydrogens (tertiary/aromatic N) is 1. The summed E-state index contributed by atoms with van der Waals surface area (Å²) in [6, 6.07) is 6.47. The van der Waals surface area contributed by atoms with Gasteiger partial charge in [0.05, 0.1) is 16.1 Å². The molecule has 0 atom stereocenters. The lowest BCUT2D eigenvalue weighted by atomic mass is 10.3. The van der Waals surface area contributed by atoms with Crippen LogP contribution in [0.2, 0.25) is 0 Å². The molecule has 3 N–H and O–H groups in total. The Morgan fingerprint density at radius 1 is 1.15 bits per heavy atom. The number of amides is 3. The van der Waals surface area contributed by atoms with Crippen molar-refractivity contribution in [3.05, 3.63) is 63.1 Å². The molecule has 3 heterocycles. The maximum absolute atomic E-state index is 12.4. The lowest BCUT2D eigenvalue weighted by Crippen LogP contribution is -2.42. The first kappa shape index (κ1) is 18.9. The van der Waals surface area contributed by atoms with E-state index in [0.29, 0.717) is 21.1 Å². The molecular weight excluding hydrogens is 436 g/mol. The van der Waals surface area contributed by atoms with Crippen LogP contribution >= 0.6 is 27.3 Å². The van der Waals surface area contributed by atoms with Gasteiger partial charge in [0.1, 0.15) is 5.69 Å². The van der Waals surface area contributed by atoms with E-state index >= 15 is 0 Å². The zero-order valence-corrected chi connectivity index (χ0v) is 16.7. The van der Waals surface area contributed by atoms with Gasteiger partial charge in [-0.3, -0.25) is 25.2 Å². The van der Waals surface area contributed by atoms with Gasteiger partial charge in [0.25, 0.3) is 17.7 Å². The summed E-state index contributed by atoms with van der Waals surface area (Å²) >= 11 is 4.38. The number of furan rings is 1. The molecule has 3 aromatic heterocycles. The van der Waals surface area contributed by atoms with E-state index in [0.717, 1.165) is 15.8 Å². The van der Waals surface area contributed by atoms with Crippen molar-refractivity contribution in [1.29, 1.82) is 0 Å². The van der Waals surface area contributed by atoms with E-state index in [1.54, 1.807) is 49.0 Å². The summed E-state index contributed by atoms with van der Waals surface area (Å²) in [7, 11) is 1.72. The fourth-order valence-corrected chi connectivity index (χ4v) is 3.82. The zero-order valence-electron chi connectivity index (χ0n) is 14.3. The number of carbonyl (C=O) groups is 3. The number of halogens is 1. The molecule has 0 bridgehead atoms. The van der Waals surface area contributed by atoms with Gasteiger partial charge in [0.15, 0.2) is 5.76 Å². The predicted molar refractivity (Wildman–Crippen MR) is 104 cm³/mol. The Morgan fingerprint density at radius 2 is 1.89 bits per heavy atom. The Bertz CT molecular complexity index is 1010. The number of nitrogens with one attached hydrogen (secondary N) is 3. The van der Waals surface area contributed by atoms with Crippen LogP contribution in [-0.4, -0.2) is 22.3 Å². The monoisotopic (exact) mass is 450 g/mol. The molecule has 8 nitrogen and oxygen atoms in total. The van der Waals surface area contributed by atoms with Crippen molar-refractivity contribution in [1.82, 2.24) is 15.4 Å². The van der Waals surface area contributed by atoms with E-state index in [1.165, 1.54) is 6.26 Å². The molecular formula is C17H15BrN4O4S. The highest BCUT2D eigenvalue weighted by molar-refractivity contribution is 9.10. The summed E-state index contributed by atoms with van der Waals surface area (Å²) < 4.78 is 7.42. The molecule has 0 aliphatic rings. The predicted octanol–water partition coefficient (Wildman–Crippen LogP) is 3.08. The van der Waals surface area contributed by atoms with E-state index in [1.807, 2.05) is 0 Å². The van der Waals surface area contributed by atoms with Crippen molar-refractivity contribution in [2.45, 2.75) is 6.92 Å². The second-order valence-electron chi connectivity index (χ2n) is 5.62. The molecule has 140 valence electrons. The number of hydrazine groups is 1. The Morgan fingerprint density at radius 3 is 2.52 bits per heavy atom. The van der Waals surface area contributed by atoms with Gasteiger partial charge in [0.2, 0.25) is 0 Å². The van der Waals surface area contributed by atoms with Crippen LogP contribution in [0.5, 0.6) is 0 Å². The molecule has 0 fully saturated rings. The van der Waals surface area contributed by atoms with Crippen molar-refractivity contribution < 1.29 is 18.8 Å². The van der Waals surface area contributed by atoms with Crippen LogP contribution in [0.1, 0.15) is 36.3 Å². The van der Waals surface area contributed by atoms with E-state index in [4.69, 9.17) is 4.42 Å². The molecule has 3 rings (SSSR count). The summed E-state index contributed by atoms with van der Waals surface area (Å²) in [5.74, 6) is -1.15. The number of aromatic nitrogens is 1. The zero-order chi connectivity index (χ0) is 19.6. The van der Waals surface area contributed by atoms with Crippen molar-refractivity contribution in [2.75, 3.05) is 5.32 Å². The Labute approximate surface area is 166 Å². The Hall–Kier alpha value is -2.85. The normalized spacial score (nSPS) is 10.5. The first-order valence-corrected chi connectivity index (χ1v) is 9.34. The highest BCUT2D eigenvalue weighted by Crippen LogP contribution is 2.27. The van der Waals surface area contributed by atoms with Gasteiger partial charge < -0.3 is 14.3 Å². The van der Waals surface area contributed by atoms with Crippen molar-refractivity contribution in [3.8, 4) is 0 Å². The number of anilines is 1. The fourth-order valence-electron chi connectivity index (χ4n) is 2.33. The first-order chi connectivity index (χ1) is 12.8. The largest absolute Gasteiger partial charge is 0.459 e. The lowest BCUT2D eigenvalue weighted by molar-refractivity contribution is 0.0844. The van der Waals surface area contributed by atoms with E-state index in [9.17, 15) is 14.4 Å². The smallest absolute Gasteiger partial charge is 0.291 e. The van der Waals surface area contributed by atoms with E-state index in [2.05, 4.69) is 32.1 Å². The summed E-state index contributed by atoms with van der Waals surface area (Å²) in [5.41, 5.74) is 5.81. The quantitative estimate of drug-likeness (QED) is 0.531. The molecule has 0 aromatic carbocycles. The van der Waals surface area contributed by atoms with Crippen LogP contribution in [0.3, 0.4) is 0 Å². The van der Waals surface area contributed by atoms with Crippen LogP contribution in [0.4, 0.5) is 5.00 Å². The number of hydrogen-bond donors (Lipinski definition) is 3. The maximum atomic E-state index is 12.4. The van der Waals surface area contributed by atoms with Gasteiger partial charge in [-0.1, -0.05) is 0 Å². The van der Waals surface area contributed by atoms with Gasteiger partial charge in [-0.2, -0.15) is 0 Å². The number of hydrogen-bond acceptors (Lipinski definition) is 5. The van der Waals surface area contributed by atoms with Crippen LogP contribution in [0, 0.1) is 6.92 Å². The lowest BCUT2D eigenvalue weighted by Gasteiger charge is -2.07. The molecule has 0 saturated carbocycles. The summed E-state index contributed by atoms with van der Waals surface area (Å²) in [4.78, 5) is 36.9. The molecule has 27 heavy (non-hydrogen) atoms. The molecule has 0 saturated heterocycles. The average molecular weight is 451 g/mol. The minimum atomic E-state index is -0.474. The van der Waals surface area contributed by atoms with Gasteiger partial charge in [0, 0.05) is 17.7 Å². The van der Waals surface area contributed by atoms with E-state index in [-0.39, 0.29) is 5.76 Å². The second-order valence-corrected chi connectivity index (χ2v) is 7.58. The van der Waals surface area contributed by atoms with Crippen molar-refractivity contribution >= 4 is 50.0 Å². The standard InChI is InChI=1S/C17H15BrN4O4S/c1-9-6-13(19-16(24)12-4-3-5-26-12)27-14(9)17(25)21-20-15(23)11-7-10(18)8-22(11)2/h3-8H,1-2H3,(H,19,24)(H,20,23)(H,21,25). The van der Waals surface area contributed by atoms with Crippen molar-refractivity contribution in [2.24, 2.45) is 7.05 Å². The van der Waals surface area contributed by atoms with Crippen LogP contribution in [0.15, 0.2) is 45.6 Å². The van der Waals surface area contributed by atoms with Crippen LogP contribution in [-0.2, 0) is 7.05 Å². The highest BCUT2D eigenvalue weighted by atomic mass is 79.9. The Balaban J connectivity index is 1.63. The molecule has 0 aliphatic heterocycles. The first-order valence-electron chi connectivity index (χ1n) is 7.73. The third-order valence-electron chi connectivity index (χ3n) is 3.60. The average Bonchev–Trinajstić information content (AvgIpc) is 3.33. The summed E-state index contributed by atoms with van der Waals surface area (Å²) in [6.45, 7) is 1.74. The molecule has 0 unspecified atom stereocenters. The van der Waals surface area contributed by atoms with Gasteiger partial charge >= 0.3 is 0 Å². The Kier molecular flexibility index (Phi) is 5.47. The molecule has 0 spiro atoms. The maximum Gasteiger partial charge on any atom is 0.291 e. The minimum Gasteiger partial charge on any atom is -0.459 e. The summed E-state index contributed by atoms with van der Waals surface area (Å²) in [6.07, 6.45) is 3.13. The molecule has 10 heteroatoms. The summed E-state index contributed by atoms with van der Waals surface area (Å²) in [5, 5.41) is 3.17. The highest BCUT2D eigenvalue weighted by Gasteiger charge is 2.18. The third-order valence-corrected chi connectivity index (χ3v) is 5.18. The minimum absolute atomic E-state index is 0.174. The van der Waals surface area contributed by atoms with Gasteiger partial charge in [-0.05, 0) is 52.7 Å². The van der Waals surface area contributed by atoms with E-state index < -0.39 is 17.7 Å². The molecule has 3 aromatic rings. The number of carbonyl (C=O) groups excluding carboxylic acids is 3. The molecule has 0 radical (unpaired) electrons. The molecule has 0 aliphatic carbocycles. The van der Waals surface area contributed by atoms with Crippen LogP contribution in [0.25, 0.3) is 0 Å². The third kappa shape index (κ3) is 4.29. The van der Waals surface area contributed by atoms with Crippen LogP contribution < -0.4 is 16.2 Å². The SMILES string of the molecule is Cc1cc(NC(=O)c2ccco2)sc1C(=O)NNC(=O)c1cc(Br)cn1C. The van der Waals surface area contributed by atoms with Crippen molar-refractivity contribution in [3.63, 3.8) is 0 Å². The number of thiophene rings is 1. The topological polar surface area (TPSA) is 105 Å². The van der Waals surface area contributed by atoms with Gasteiger partial charge in [-0.15, -0.1) is 11.3 Å².